The van der Waals surface area contributed by atoms with E-state index in [4.69, 9.17) is 5.73 Å². The Hall–Kier alpha value is -2.06. The number of hydrogen-bond donors (Lipinski definition) is 1. The SMILES string of the molecule is CN(C(=O)C(F)(F)F)C1CCN(c2ncc(N)cn2)CC1. The number of anilines is 2. The average Bonchev–Trinajstić information content (AvgIpc) is 2.46. The Morgan fingerprint density at radius 3 is 2.33 bits per heavy atom. The monoisotopic (exact) mass is 303 g/mol. The third-order valence-corrected chi connectivity index (χ3v) is 3.52. The third kappa shape index (κ3) is 3.53. The highest BCUT2D eigenvalue weighted by Crippen LogP contribution is 2.24. The van der Waals surface area contributed by atoms with Crippen molar-refractivity contribution in [3.05, 3.63) is 12.4 Å². The Balaban J connectivity index is 1.94. The van der Waals surface area contributed by atoms with E-state index in [-0.39, 0.29) is 0 Å². The molecular weight excluding hydrogens is 287 g/mol. The molecule has 1 aromatic rings. The highest BCUT2D eigenvalue weighted by atomic mass is 19.4. The third-order valence-electron chi connectivity index (χ3n) is 3.52. The molecule has 9 heteroatoms. The first-order valence-electron chi connectivity index (χ1n) is 6.45. The van der Waals surface area contributed by atoms with E-state index in [1.54, 1.807) is 0 Å². The first kappa shape index (κ1) is 15.3. The van der Waals surface area contributed by atoms with Crippen LogP contribution in [0.5, 0.6) is 0 Å². The molecule has 0 aliphatic carbocycles. The second kappa shape index (κ2) is 5.74. The summed E-state index contributed by atoms with van der Waals surface area (Å²) in [5, 5.41) is 0. The number of nitrogen functional groups attached to an aromatic ring is 1. The van der Waals surface area contributed by atoms with E-state index in [0.29, 0.717) is 37.6 Å². The number of hydrogen-bond acceptors (Lipinski definition) is 5. The molecule has 2 N–H and O–H groups in total. The van der Waals surface area contributed by atoms with Crippen LogP contribution >= 0.6 is 0 Å². The zero-order chi connectivity index (χ0) is 15.6. The molecule has 1 fully saturated rings. The van der Waals surface area contributed by atoms with Gasteiger partial charge < -0.3 is 15.5 Å². The van der Waals surface area contributed by atoms with Crippen LogP contribution in [0.15, 0.2) is 12.4 Å². The zero-order valence-corrected chi connectivity index (χ0v) is 11.5. The highest BCUT2D eigenvalue weighted by Gasteiger charge is 2.43. The van der Waals surface area contributed by atoms with Gasteiger partial charge in [-0.3, -0.25) is 4.79 Å². The fourth-order valence-electron chi connectivity index (χ4n) is 2.31. The predicted octanol–water partition coefficient (Wildman–Crippen LogP) is 1.05. The van der Waals surface area contributed by atoms with Gasteiger partial charge >= 0.3 is 12.1 Å². The van der Waals surface area contributed by atoms with Gasteiger partial charge in [0.05, 0.1) is 18.1 Å². The summed E-state index contributed by atoms with van der Waals surface area (Å²) >= 11 is 0. The molecule has 2 heterocycles. The number of nitrogens with two attached hydrogens (primary N) is 1. The van der Waals surface area contributed by atoms with E-state index < -0.39 is 18.1 Å². The molecule has 1 saturated heterocycles. The summed E-state index contributed by atoms with van der Waals surface area (Å²) in [5.74, 6) is -1.31. The topological polar surface area (TPSA) is 75.4 Å². The first-order chi connectivity index (χ1) is 9.79. The van der Waals surface area contributed by atoms with Crippen molar-refractivity contribution >= 4 is 17.5 Å². The standard InChI is InChI=1S/C12H16F3N5O/c1-19(10(21)12(13,14)15)9-2-4-20(5-3-9)11-17-6-8(16)7-18-11/h6-7,9H,2-5,16H2,1H3. The predicted molar refractivity (Wildman–Crippen MR) is 70.5 cm³/mol. The molecule has 0 bridgehead atoms. The zero-order valence-electron chi connectivity index (χ0n) is 11.5. The molecule has 1 aliphatic rings. The van der Waals surface area contributed by atoms with Crippen molar-refractivity contribution < 1.29 is 18.0 Å². The van der Waals surface area contributed by atoms with Crippen molar-refractivity contribution in [3.8, 4) is 0 Å². The molecule has 0 spiro atoms. The van der Waals surface area contributed by atoms with Gasteiger partial charge in [-0.25, -0.2) is 9.97 Å². The quantitative estimate of drug-likeness (QED) is 0.884. The van der Waals surface area contributed by atoms with Gasteiger partial charge in [0, 0.05) is 26.2 Å². The van der Waals surface area contributed by atoms with Crippen LogP contribution in [-0.4, -0.2) is 53.1 Å². The molecular formula is C12H16F3N5O. The molecule has 6 nitrogen and oxygen atoms in total. The normalized spacial score (nSPS) is 16.9. The molecule has 0 aromatic carbocycles. The van der Waals surface area contributed by atoms with Crippen LogP contribution in [-0.2, 0) is 4.79 Å². The molecule has 1 amide bonds. The van der Waals surface area contributed by atoms with Crippen LogP contribution in [0, 0.1) is 0 Å². The first-order valence-corrected chi connectivity index (χ1v) is 6.45. The number of halogens is 3. The summed E-state index contributed by atoms with van der Waals surface area (Å²) in [6.45, 7) is 0.980. The van der Waals surface area contributed by atoms with Crippen molar-refractivity contribution in [1.82, 2.24) is 14.9 Å². The summed E-state index contributed by atoms with van der Waals surface area (Å²) in [6.07, 6.45) is -0.995. The van der Waals surface area contributed by atoms with Gasteiger partial charge in [-0.15, -0.1) is 0 Å². The van der Waals surface area contributed by atoms with Crippen molar-refractivity contribution in [2.45, 2.75) is 25.1 Å². The van der Waals surface area contributed by atoms with E-state index in [0.717, 1.165) is 4.90 Å². The van der Waals surface area contributed by atoms with E-state index in [2.05, 4.69) is 9.97 Å². The van der Waals surface area contributed by atoms with Crippen LogP contribution in [0.4, 0.5) is 24.8 Å². The number of nitrogens with zero attached hydrogens (tertiary/aromatic N) is 4. The minimum atomic E-state index is -4.83. The van der Waals surface area contributed by atoms with Crippen LogP contribution < -0.4 is 10.6 Å². The summed E-state index contributed by atoms with van der Waals surface area (Å²) < 4.78 is 37.2. The number of aromatic nitrogens is 2. The molecule has 2 rings (SSSR count). The minimum absolute atomic E-state index is 0.427. The molecule has 21 heavy (non-hydrogen) atoms. The maximum Gasteiger partial charge on any atom is 0.471 e. The Bertz CT molecular complexity index is 497. The fraction of sp³-hybridized carbons (Fsp3) is 0.583. The molecule has 1 aromatic heterocycles. The molecule has 0 atom stereocenters. The Labute approximate surface area is 119 Å². The summed E-state index contributed by atoms with van der Waals surface area (Å²) in [6, 6.07) is -0.427. The van der Waals surface area contributed by atoms with Crippen LogP contribution in [0.3, 0.4) is 0 Å². The number of alkyl halides is 3. The van der Waals surface area contributed by atoms with E-state index in [1.807, 2.05) is 4.90 Å². The summed E-state index contributed by atoms with van der Waals surface area (Å²) in [4.78, 5) is 22.0. The number of piperidine rings is 1. The van der Waals surface area contributed by atoms with Gasteiger partial charge in [-0.1, -0.05) is 0 Å². The van der Waals surface area contributed by atoms with Crippen molar-refractivity contribution in [1.29, 1.82) is 0 Å². The Morgan fingerprint density at radius 2 is 1.86 bits per heavy atom. The highest BCUT2D eigenvalue weighted by molar-refractivity contribution is 5.81. The van der Waals surface area contributed by atoms with Gasteiger partial charge in [-0.2, -0.15) is 13.2 Å². The van der Waals surface area contributed by atoms with E-state index >= 15 is 0 Å². The summed E-state index contributed by atoms with van der Waals surface area (Å²) in [7, 11) is 1.19. The van der Waals surface area contributed by atoms with Gasteiger partial charge in [0.2, 0.25) is 5.95 Å². The lowest BCUT2D eigenvalue weighted by Crippen LogP contribution is -2.49. The van der Waals surface area contributed by atoms with Gasteiger partial charge in [0.1, 0.15) is 0 Å². The van der Waals surface area contributed by atoms with Gasteiger partial charge in [0.25, 0.3) is 0 Å². The number of rotatable bonds is 2. The molecule has 0 radical (unpaired) electrons. The van der Waals surface area contributed by atoms with Crippen LogP contribution in [0.1, 0.15) is 12.8 Å². The maximum atomic E-state index is 12.4. The van der Waals surface area contributed by atoms with Gasteiger partial charge in [0.15, 0.2) is 0 Å². The second-order valence-corrected chi connectivity index (χ2v) is 4.95. The fourth-order valence-corrected chi connectivity index (χ4v) is 2.31. The van der Waals surface area contributed by atoms with E-state index in [9.17, 15) is 18.0 Å². The lowest BCUT2D eigenvalue weighted by molar-refractivity contribution is -0.186. The van der Waals surface area contributed by atoms with Crippen LogP contribution in [0.25, 0.3) is 0 Å². The smallest absolute Gasteiger partial charge is 0.396 e. The molecule has 0 unspecified atom stereocenters. The Kier molecular flexibility index (Phi) is 4.19. The second-order valence-electron chi connectivity index (χ2n) is 4.95. The lowest BCUT2D eigenvalue weighted by Gasteiger charge is -2.36. The number of carbonyl (C=O) groups is 1. The van der Waals surface area contributed by atoms with Crippen molar-refractivity contribution in [2.75, 3.05) is 30.8 Å². The van der Waals surface area contributed by atoms with Crippen molar-refractivity contribution in [2.24, 2.45) is 0 Å². The molecule has 0 saturated carbocycles. The molecule has 1 aliphatic heterocycles. The van der Waals surface area contributed by atoms with Gasteiger partial charge in [-0.05, 0) is 12.8 Å². The van der Waals surface area contributed by atoms with Crippen LogP contribution in [0.2, 0.25) is 0 Å². The number of amides is 1. The minimum Gasteiger partial charge on any atom is -0.396 e. The van der Waals surface area contributed by atoms with E-state index in [1.165, 1.54) is 19.4 Å². The maximum absolute atomic E-state index is 12.4. The average molecular weight is 303 g/mol. The summed E-state index contributed by atoms with van der Waals surface area (Å²) in [5.41, 5.74) is 5.95. The largest absolute Gasteiger partial charge is 0.471 e. The Morgan fingerprint density at radius 1 is 1.33 bits per heavy atom. The molecule has 116 valence electrons. The lowest BCUT2D eigenvalue weighted by atomic mass is 10.0. The van der Waals surface area contributed by atoms with Crippen molar-refractivity contribution in [3.63, 3.8) is 0 Å². The number of carbonyl (C=O) groups excluding carboxylic acids is 1.